The third kappa shape index (κ3) is 3.53. The first-order chi connectivity index (χ1) is 16.7. The number of rotatable bonds is 5. The number of nitrogens with zero attached hydrogens (tertiary/aromatic N) is 2. The number of likely N-dealkylation sites (N-methyl/N-ethyl adjacent to an activating group) is 2. The molecule has 2 saturated carbocycles. The lowest BCUT2D eigenvalue weighted by molar-refractivity contribution is -0.181. The molecule has 2 fully saturated rings. The lowest BCUT2D eigenvalue weighted by Gasteiger charge is -2.52. The van der Waals surface area contributed by atoms with Gasteiger partial charge in [0.2, 0.25) is 5.91 Å². The number of aromatic hydroxyl groups is 1. The molecule has 192 valence electrons. The monoisotopic (exact) mass is 499 g/mol. The number of phenolic OH excluding ortho intramolecular Hbond substituents is 1. The lowest BCUT2D eigenvalue weighted by Crippen LogP contribution is -2.74. The van der Waals surface area contributed by atoms with Crippen molar-refractivity contribution < 1.29 is 39.0 Å². The van der Waals surface area contributed by atoms with Crippen LogP contribution >= 0.6 is 0 Å². The summed E-state index contributed by atoms with van der Waals surface area (Å²) in [7, 11) is 6.46. The number of fused-ring (bicyclic) bond motifs is 3. The van der Waals surface area contributed by atoms with E-state index in [2.05, 4.69) is 0 Å². The summed E-state index contributed by atoms with van der Waals surface area (Å²) in [5, 5.41) is 22.0. The SMILES string of the molecule is CN(C)CC(=O)c1ccc(O)c2c1C[C@H]1C[C@H]3[C@H](N(C)C)C(=O)C(C(N)=O)C(=O)[C@@]3(O)C(=O)C1C2=O. The number of carbonyl (C=O) groups excluding carboxylic acids is 6. The van der Waals surface area contributed by atoms with E-state index in [1.54, 1.807) is 19.0 Å². The molecule has 0 spiro atoms. The molecule has 0 aromatic heterocycles. The van der Waals surface area contributed by atoms with Crippen molar-refractivity contribution in [2.24, 2.45) is 29.4 Å². The van der Waals surface area contributed by atoms with E-state index < -0.39 is 70.1 Å². The van der Waals surface area contributed by atoms with Crippen LogP contribution in [0.15, 0.2) is 12.1 Å². The summed E-state index contributed by atoms with van der Waals surface area (Å²) in [6.07, 6.45) is -0.0183. The number of amides is 1. The van der Waals surface area contributed by atoms with E-state index in [1.807, 2.05) is 0 Å². The van der Waals surface area contributed by atoms with Gasteiger partial charge in [0.25, 0.3) is 0 Å². The molecule has 11 nitrogen and oxygen atoms in total. The molecule has 36 heavy (non-hydrogen) atoms. The van der Waals surface area contributed by atoms with Gasteiger partial charge in [-0.1, -0.05) is 0 Å². The average Bonchev–Trinajstić information content (AvgIpc) is 2.75. The Balaban J connectivity index is 1.86. The van der Waals surface area contributed by atoms with Gasteiger partial charge in [0.1, 0.15) is 5.75 Å². The van der Waals surface area contributed by atoms with Crippen LogP contribution in [0.5, 0.6) is 5.75 Å². The minimum atomic E-state index is -2.77. The Labute approximate surface area is 207 Å². The predicted octanol–water partition coefficient (Wildman–Crippen LogP) is -1.39. The molecule has 0 radical (unpaired) electrons. The molecule has 11 heteroatoms. The smallest absolute Gasteiger partial charge is 0.235 e. The minimum absolute atomic E-state index is 0.0503. The normalized spacial score (nSPS) is 31.8. The van der Waals surface area contributed by atoms with Gasteiger partial charge in [0.15, 0.2) is 40.4 Å². The van der Waals surface area contributed by atoms with E-state index >= 15 is 0 Å². The number of hydrogen-bond acceptors (Lipinski definition) is 10. The van der Waals surface area contributed by atoms with E-state index in [0.717, 1.165) is 0 Å². The van der Waals surface area contributed by atoms with Crippen LogP contribution < -0.4 is 5.73 Å². The molecule has 1 amide bonds. The summed E-state index contributed by atoms with van der Waals surface area (Å²) < 4.78 is 0. The number of primary amides is 1. The fraction of sp³-hybridized carbons (Fsp3) is 0.520. The van der Waals surface area contributed by atoms with E-state index in [4.69, 9.17) is 5.73 Å². The molecule has 0 aliphatic heterocycles. The zero-order chi connectivity index (χ0) is 26.9. The highest BCUT2D eigenvalue weighted by molar-refractivity contribution is 6.32. The zero-order valence-corrected chi connectivity index (χ0v) is 20.5. The van der Waals surface area contributed by atoms with Gasteiger partial charge in [0, 0.05) is 11.5 Å². The number of Topliss-reactive ketones (excluding diaryl/α,β-unsaturated/α-hetero) is 5. The Bertz CT molecular complexity index is 1220. The van der Waals surface area contributed by atoms with Crippen LogP contribution in [0.1, 0.15) is 32.7 Å². The van der Waals surface area contributed by atoms with Gasteiger partial charge >= 0.3 is 0 Å². The van der Waals surface area contributed by atoms with E-state index in [1.165, 1.54) is 31.1 Å². The summed E-state index contributed by atoms with van der Waals surface area (Å²) >= 11 is 0. The summed E-state index contributed by atoms with van der Waals surface area (Å²) in [6, 6.07) is 1.47. The quantitative estimate of drug-likeness (QED) is 0.323. The van der Waals surface area contributed by atoms with E-state index in [-0.39, 0.29) is 36.3 Å². The van der Waals surface area contributed by atoms with Crippen molar-refractivity contribution >= 4 is 34.8 Å². The maximum atomic E-state index is 13.7. The summed E-state index contributed by atoms with van der Waals surface area (Å²) in [6.45, 7) is 0.0566. The molecule has 1 aromatic carbocycles. The molecule has 4 N–H and O–H groups in total. The molecule has 3 aliphatic rings. The lowest BCUT2D eigenvalue weighted by atomic mass is 9.52. The van der Waals surface area contributed by atoms with Crippen LogP contribution in [-0.4, -0.2) is 101 Å². The number of hydrogen-bond donors (Lipinski definition) is 3. The third-order valence-electron chi connectivity index (χ3n) is 7.71. The Morgan fingerprint density at radius 1 is 1.08 bits per heavy atom. The molecular formula is C25H29N3O8. The fourth-order valence-electron chi connectivity index (χ4n) is 6.24. The summed E-state index contributed by atoms with van der Waals surface area (Å²) in [4.78, 5) is 81.7. The number of benzene rings is 1. The van der Waals surface area contributed by atoms with Crippen LogP contribution in [0, 0.1) is 23.7 Å². The molecule has 0 heterocycles. The van der Waals surface area contributed by atoms with Crippen LogP contribution in [-0.2, 0) is 25.6 Å². The van der Waals surface area contributed by atoms with Crippen molar-refractivity contribution in [2.45, 2.75) is 24.5 Å². The second kappa shape index (κ2) is 8.68. The largest absolute Gasteiger partial charge is 0.507 e. The van der Waals surface area contributed by atoms with Crippen LogP contribution in [0.2, 0.25) is 0 Å². The van der Waals surface area contributed by atoms with E-state index in [9.17, 15) is 39.0 Å². The Kier molecular flexibility index (Phi) is 6.22. The Hall–Kier alpha value is -3.28. The highest BCUT2D eigenvalue weighted by Gasteiger charge is 2.69. The van der Waals surface area contributed by atoms with Gasteiger partial charge in [-0.25, -0.2) is 0 Å². The second-order valence-electron chi connectivity index (χ2n) is 10.4. The standard InChI is InChI=1S/C25H29N3O8/c1-27(2)9-15(30)11-5-6-14(29)17-12(11)7-10-8-13-19(28(3)4)21(32)18(24(26)35)23(34)25(13,36)22(33)16(10)20(17)31/h5-6,10,13,16,18-19,29,36H,7-9H2,1-4H3,(H2,26,35)/t10-,13-,16?,18?,19-,25-/m0/s1. The second-order valence-corrected chi connectivity index (χ2v) is 10.4. The van der Waals surface area contributed by atoms with Crippen LogP contribution in [0.4, 0.5) is 0 Å². The summed E-state index contributed by atoms with van der Waals surface area (Å²) in [5.41, 5.74) is 2.88. The van der Waals surface area contributed by atoms with Crippen molar-refractivity contribution in [1.82, 2.24) is 9.80 Å². The number of nitrogens with two attached hydrogens (primary N) is 1. The molecule has 6 atom stereocenters. The molecule has 2 unspecified atom stereocenters. The number of carbonyl (C=O) groups is 6. The highest BCUT2D eigenvalue weighted by atomic mass is 16.3. The molecule has 1 aromatic rings. The molecule has 4 rings (SSSR count). The van der Waals surface area contributed by atoms with Crippen molar-refractivity contribution in [3.05, 3.63) is 28.8 Å². The first-order valence-electron chi connectivity index (χ1n) is 11.6. The third-order valence-corrected chi connectivity index (χ3v) is 7.71. The van der Waals surface area contributed by atoms with Crippen molar-refractivity contribution in [3.8, 4) is 5.75 Å². The number of phenols is 1. The van der Waals surface area contributed by atoms with E-state index in [0.29, 0.717) is 5.56 Å². The highest BCUT2D eigenvalue weighted by Crippen LogP contribution is 2.51. The molecule has 3 aliphatic carbocycles. The van der Waals surface area contributed by atoms with Gasteiger partial charge in [-0.2, -0.15) is 0 Å². The maximum Gasteiger partial charge on any atom is 0.235 e. The van der Waals surface area contributed by atoms with Gasteiger partial charge in [-0.05, 0) is 64.6 Å². The topological polar surface area (TPSA) is 175 Å². The van der Waals surface area contributed by atoms with Crippen molar-refractivity contribution in [1.29, 1.82) is 0 Å². The predicted molar refractivity (Wildman–Crippen MR) is 124 cm³/mol. The number of aliphatic hydroxyl groups is 1. The molecule has 0 saturated heterocycles. The molecular weight excluding hydrogens is 470 g/mol. The minimum Gasteiger partial charge on any atom is -0.507 e. The van der Waals surface area contributed by atoms with Gasteiger partial charge in [-0.15, -0.1) is 0 Å². The Morgan fingerprint density at radius 3 is 2.28 bits per heavy atom. The Morgan fingerprint density at radius 2 is 1.72 bits per heavy atom. The van der Waals surface area contributed by atoms with Gasteiger partial charge in [-0.3, -0.25) is 33.7 Å². The van der Waals surface area contributed by atoms with Crippen LogP contribution in [0.3, 0.4) is 0 Å². The van der Waals surface area contributed by atoms with Gasteiger partial charge in [0.05, 0.1) is 24.1 Å². The van der Waals surface area contributed by atoms with Crippen molar-refractivity contribution in [3.63, 3.8) is 0 Å². The van der Waals surface area contributed by atoms with Crippen LogP contribution in [0.25, 0.3) is 0 Å². The average molecular weight is 500 g/mol. The first kappa shape index (κ1) is 25.8. The fourth-order valence-corrected chi connectivity index (χ4v) is 6.24. The maximum absolute atomic E-state index is 13.7. The number of ketones is 5. The van der Waals surface area contributed by atoms with Gasteiger partial charge < -0.3 is 20.8 Å². The summed E-state index contributed by atoms with van der Waals surface area (Å²) in [5.74, 6) is -11.5. The van der Waals surface area contributed by atoms with Crippen molar-refractivity contribution in [2.75, 3.05) is 34.7 Å². The molecule has 0 bridgehead atoms. The first-order valence-corrected chi connectivity index (χ1v) is 11.6. The zero-order valence-electron chi connectivity index (χ0n) is 20.5.